The van der Waals surface area contributed by atoms with E-state index in [9.17, 15) is 5.11 Å². The first-order chi connectivity index (χ1) is 9.76. The fourth-order valence-electron chi connectivity index (χ4n) is 2.40. The van der Waals surface area contributed by atoms with Crippen LogP contribution in [0.25, 0.3) is 0 Å². The van der Waals surface area contributed by atoms with Crippen molar-refractivity contribution in [2.75, 3.05) is 44.4 Å². The van der Waals surface area contributed by atoms with Crippen LogP contribution in [0, 0.1) is 0 Å². The van der Waals surface area contributed by atoms with Gasteiger partial charge in [0.05, 0.1) is 5.60 Å². The number of hydrogen-bond acceptors (Lipinski definition) is 6. The van der Waals surface area contributed by atoms with Gasteiger partial charge in [-0.25, -0.2) is 9.97 Å². The molecule has 0 saturated heterocycles. The Hall–Kier alpha value is -1.40. The van der Waals surface area contributed by atoms with Crippen molar-refractivity contribution in [2.45, 2.75) is 39.2 Å². The number of likely N-dealkylation sites (N-methyl/N-ethyl adjacent to an activating group) is 1. The highest BCUT2D eigenvalue weighted by Crippen LogP contribution is 2.28. The van der Waals surface area contributed by atoms with Crippen LogP contribution in [0.15, 0.2) is 6.33 Å². The van der Waals surface area contributed by atoms with Gasteiger partial charge in [0.25, 0.3) is 0 Å². The van der Waals surface area contributed by atoms with Gasteiger partial charge in [0, 0.05) is 25.2 Å². The van der Waals surface area contributed by atoms with Gasteiger partial charge in [-0.15, -0.1) is 0 Å². The van der Waals surface area contributed by atoms with Gasteiger partial charge in [0.1, 0.15) is 18.0 Å². The maximum Gasteiger partial charge on any atom is 0.135 e. The van der Waals surface area contributed by atoms with Crippen LogP contribution in [0.5, 0.6) is 0 Å². The molecule has 0 bridgehead atoms. The number of aliphatic hydroxyl groups is 1. The van der Waals surface area contributed by atoms with Crippen molar-refractivity contribution in [3.63, 3.8) is 0 Å². The summed E-state index contributed by atoms with van der Waals surface area (Å²) >= 11 is 0. The molecule has 0 aromatic carbocycles. The average Bonchev–Trinajstić information content (AvgIpc) is 2.35. The van der Waals surface area contributed by atoms with E-state index in [4.69, 9.17) is 0 Å². The molecule has 21 heavy (non-hydrogen) atoms. The summed E-state index contributed by atoms with van der Waals surface area (Å²) in [6.07, 6.45) is 1.55. The fraction of sp³-hybridized carbons (Fsp3) is 0.733. The molecule has 0 amide bonds. The molecule has 0 aliphatic heterocycles. The van der Waals surface area contributed by atoms with Gasteiger partial charge >= 0.3 is 0 Å². The third kappa shape index (κ3) is 5.47. The standard InChI is InChI=1S/C15H29N5O/c1-7-16-13-12(11(2)3)14(19-10-18-13)17-8-15(4,21)9-20(5)6/h10-11,21H,7-9H2,1-6H3,(H2,16,17,18,19). The zero-order chi connectivity index (χ0) is 16.0. The Morgan fingerprint density at radius 3 is 2.29 bits per heavy atom. The van der Waals surface area contributed by atoms with E-state index in [2.05, 4.69) is 34.4 Å². The molecule has 0 spiro atoms. The van der Waals surface area contributed by atoms with Crippen LogP contribution in [-0.2, 0) is 0 Å². The first kappa shape index (κ1) is 17.7. The molecule has 1 heterocycles. The summed E-state index contributed by atoms with van der Waals surface area (Å²) in [6, 6.07) is 0. The lowest BCUT2D eigenvalue weighted by Crippen LogP contribution is -2.43. The Morgan fingerprint density at radius 2 is 1.81 bits per heavy atom. The van der Waals surface area contributed by atoms with Gasteiger partial charge in [-0.05, 0) is 33.9 Å². The number of anilines is 2. The van der Waals surface area contributed by atoms with Gasteiger partial charge in [0.2, 0.25) is 0 Å². The third-order valence-corrected chi connectivity index (χ3v) is 3.10. The molecule has 0 saturated carbocycles. The Bertz CT molecular complexity index is 446. The second-order valence-electron chi connectivity index (χ2n) is 6.26. The normalized spacial score (nSPS) is 14.3. The highest BCUT2D eigenvalue weighted by molar-refractivity contribution is 5.59. The summed E-state index contributed by atoms with van der Waals surface area (Å²) in [6.45, 7) is 9.93. The van der Waals surface area contributed by atoms with Crippen LogP contribution in [0.1, 0.15) is 39.2 Å². The SMILES string of the molecule is CCNc1ncnc(NCC(C)(O)CN(C)C)c1C(C)C. The zero-order valence-corrected chi connectivity index (χ0v) is 14.1. The summed E-state index contributed by atoms with van der Waals surface area (Å²) in [4.78, 5) is 10.6. The van der Waals surface area contributed by atoms with Crippen LogP contribution in [-0.4, -0.2) is 59.3 Å². The third-order valence-electron chi connectivity index (χ3n) is 3.10. The van der Waals surface area contributed by atoms with E-state index in [0.29, 0.717) is 19.0 Å². The number of hydrogen-bond donors (Lipinski definition) is 3. The van der Waals surface area contributed by atoms with E-state index in [1.807, 2.05) is 32.8 Å². The van der Waals surface area contributed by atoms with E-state index in [1.165, 1.54) is 0 Å². The lowest BCUT2D eigenvalue weighted by molar-refractivity contribution is 0.0459. The molecule has 1 aromatic heterocycles. The van der Waals surface area contributed by atoms with Crippen molar-refractivity contribution in [3.05, 3.63) is 11.9 Å². The molecule has 0 fully saturated rings. The molecule has 6 nitrogen and oxygen atoms in total. The van der Waals surface area contributed by atoms with Gasteiger partial charge < -0.3 is 20.6 Å². The van der Waals surface area contributed by atoms with E-state index in [1.54, 1.807) is 6.33 Å². The summed E-state index contributed by atoms with van der Waals surface area (Å²) in [5.74, 6) is 1.94. The number of nitrogens with zero attached hydrogens (tertiary/aromatic N) is 3. The molecule has 0 radical (unpaired) electrons. The molecule has 6 heteroatoms. The lowest BCUT2D eigenvalue weighted by atomic mass is 10.0. The second-order valence-corrected chi connectivity index (χ2v) is 6.26. The van der Waals surface area contributed by atoms with Crippen LogP contribution < -0.4 is 10.6 Å². The average molecular weight is 295 g/mol. The second kappa shape index (κ2) is 7.56. The van der Waals surface area contributed by atoms with Gasteiger partial charge in [0.15, 0.2) is 0 Å². The molecule has 1 atom stereocenters. The Morgan fingerprint density at radius 1 is 1.24 bits per heavy atom. The zero-order valence-electron chi connectivity index (χ0n) is 14.1. The quantitative estimate of drug-likeness (QED) is 0.678. The molecular weight excluding hydrogens is 266 g/mol. The first-order valence-electron chi connectivity index (χ1n) is 7.46. The number of rotatable bonds is 8. The minimum Gasteiger partial charge on any atom is -0.387 e. The van der Waals surface area contributed by atoms with Crippen molar-refractivity contribution in [1.82, 2.24) is 14.9 Å². The molecule has 1 unspecified atom stereocenters. The van der Waals surface area contributed by atoms with Crippen LogP contribution in [0.4, 0.5) is 11.6 Å². The molecule has 3 N–H and O–H groups in total. The molecule has 0 aliphatic carbocycles. The smallest absolute Gasteiger partial charge is 0.135 e. The minimum atomic E-state index is -0.818. The number of nitrogens with one attached hydrogen (secondary N) is 2. The Balaban J connectivity index is 2.90. The topological polar surface area (TPSA) is 73.3 Å². The highest BCUT2D eigenvalue weighted by Gasteiger charge is 2.23. The van der Waals surface area contributed by atoms with Crippen LogP contribution >= 0.6 is 0 Å². The predicted octanol–water partition coefficient (Wildman–Crippen LogP) is 1.76. The van der Waals surface area contributed by atoms with Crippen molar-refractivity contribution in [1.29, 1.82) is 0 Å². The largest absolute Gasteiger partial charge is 0.387 e. The summed E-state index contributed by atoms with van der Waals surface area (Å²) in [7, 11) is 3.89. The molecule has 1 rings (SSSR count). The van der Waals surface area contributed by atoms with E-state index in [0.717, 1.165) is 23.7 Å². The van der Waals surface area contributed by atoms with Crippen molar-refractivity contribution in [2.24, 2.45) is 0 Å². The van der Waals surface area contributed by atoms with Crippen molar-refractivity contribution < 1.29 is 5.11 Å². The summed E-state index contributed by atoms with van der Waals surface area (Å²) in [5, 5.41) is 16.9. The Kier molecular flexibility index (Phi) is 6.36. The maximum atomic E-state index is 10.4. The van der Waals surface area contributed by atoms with Crippen molar-refractivity contribution >= 4 is 11.6 Å². The van der Waals surface area contributed by atoms with Crippen molar-refractivity contribution in [3.8, 4) is 0 Å². The molecule has 1 aromatic rings. The van der Waals surface area contributed by atoms with E-state index >= 15 is 0 Å². The monoisotopic (exact) mass is 295 g/mol. The Labute approximate surface area is 128 Å². The number of aromatic nitrogens is 2. The maximum absolute atomic E-state index is 10.4. The van der Waals surface area contributed by atoms with E-state index in [-0.39, 0.29) is 0 Å². The molecule has 120 valence electrons. The first-order valence-corrected chi connectivity index (χ1v) is 7.46. The van der Waals surface area contributed by atoms with Gasteiger partial charge in [-0.3, -0.25) is 0 Å². The molecular formula is C15H29N5O. The van der Waals surface area contributed by atoms with Crippen LogP contribution in [0.2, 0.25) is 0 Å². The minimum absolute atomic E-state index is 0.293. The fourth-order valence-corrected chi connectivity index (χ4v) is 2.40. The molecule has 0 aliphatic rings. The highest BCUT2D eigenvalue weighted by atomic mass is 16.3. The lowest BCUT2D eigenvalue weighted by Gasteiger charge is -2.28. The summed E-state index contributed by atoms with van der Waals surface area (Å²) < 4.78 is 0. The van der Waals surface area contributed by atoms with Gasteiger partial charge in [-0.2, -0.15) is 0 Å². The van der Waals surface area contributed by atoms with Gasteiger partial charge in [-0.1, -0.05) is 13.8 Å². The van der Waals surface area contributed by atoms with E-state index < -0.39 is 5.60 Å². The van der Waals surface area contributed by atoms with Crippen LogP contribution in [0.3, 0.4) is 0 Å². The summed E-state index contributed by atoms with van der Waals surface area (Å²) in [5.41, 5.74) is 0.237. The predicted molar refractivity (Wildman–Crippen MR) is 88.0 cm³/mol.